The monoisotopic (exact) mass is 300 g/mol. The van der Waals surface area contributed by atoms with Crippen molar-refractivity contribution in [3.05, 3.63) is 24.3 Å². The van der Waals surface area contributed by atoms with E-state index >= 15 is 0 Å². The first-order valence-electron chi connectivity index (χ1n) is 6.64. The van der Waals surface area contributed by atoms with Crippen molar-refractivity contribution >= 4 is 15.7 Å². The van der Waals surface area contributed by atoms with Gasteiger partial charge in [0.15, 0.2) is 0 Å². The Morgan fingerprint density at radius 3 is 2.80 bits per heavy atom. The van der Waals surface area contributed by atoms with Crippen LogP contribution in [0.25, 0.3) is 0 Å². The second-order valence-corrected chi connectivity index (χ2v) is 6.58. The Morgan fingerprint density at radius 2 is 2.10 bits per heavy atom. The molecule has 1 heterocycles. The van der Waals surface area contributed by atoms with Crippen molar-refractivity contribution < 1.29 is 17.9 Å². The van der Waals surface area contributed by atoms with Gasteiger partial charge in [0, 0.05) is 25.8 Å². The Bertz CT molecular complexity index is 527. The van der Waals surface area contributed by atoms with Crippen molar-refractivity contribution in [2.45, 2.75) is 18.1 Å². The van der Waals surface area contributed by atoms with E-state index in [1.165, 1.54) is 0 Å². The van der Waals surface area contributed by atoms with Crippen molar-refractivity contribution in [1.29, 1.82) is 0 Å². The van der Waals surface area contributed by atoms with E-state index in [0.29, 0.717) is 50.6 Å². The predicted molar refractivity (Wildman–Crippen MR) is 77.4 cm³/mol. The van der Waals surface area contributed by atoms with Crippen LogP contribution in [0.1, 0.15) is 12.8 Å². The fourth-order valence-corrected chi connectivity index (χ4v) is 3.50. The molecule has 7 heteroatoms. The normalized spacial score (nSPS) is 16.9. The van der Waals surface area contributed by atoms with E-state index in [1.807, 2.05) is 0 Å². The number of hydrogen-bond donors (Lipinski definition) is 2. The number of sulfonamides is 1. The summed E-state index contributed by atoms with van der Waals surface area (Å²) in [6, 6.07) is 6.87. The predicted octanol–water partition coefficient (Wildman–Crippen LogP) is 0.945. The van der Waals surface area contributed by atoms with E-state index in [9.17, 15) is 8.42 Å². The van der Waals surface area contributed by atoms with Gasteiger partial charge in [-0.2, -0.15) is 0 Å². The highest BCUT2D eigenvalue weighted by molar-refractivity contribution is 7.93. The maximum Gasteiger partial charge on any atom is 0.235 e. The van der Waals surface area contributed by atoms with Gasteiger partial charge in [-0.25, -0.2) is 8.42 Å². The largest absolute Gasteiger partial charge is 0.492 e. The summed E-state index contributed by atoms with van der Waals surface area (Å²) in [5.74, 6) is 0.600. The third-order valence-corrected chi connectivity index (χ3v) is 4.96. The molecular formula is C13H20N2O4S. The number of hydrogen-bond acceptors (Lipinski definition) is 5. The lowest BCUT2D eigenvalue weighted by atomic mass is 10.2. The highest BCUT2D eigenvalue weighted by atomic mass is 32.2. The van der Waals surface area contributed by atoms with Gasteiger partial charge in [-0.05, 0) is 25.0 Å². The number of anilines is 1. The van der Waals surface area contributed by atoms with Crippen molar-refractivity contribution in [1.82, 2.24) is 0 Å². The molecular weight excluding hydrogens is 280 g/mol. The summed E-state index contributed by atoms with van der Waals surface area (Å²) >= 11 is 0. The topological polar surface area (TPSA) is 90.6 Å². The maximum atomic E-state index is 12.3. The zero-order valence-corrected chi connectivity index (χ0v) is 12.1. The molecule has 1 aromatic carbocycles. The number of nitrogens with two attached hydrogens (primary N) is 1. The van der Waals surface area contributed by atoms with Gasteiger partial charge in [0.05, 0.1) is 10.9 Å². The molecule has 0 spiro atoms. The molecule has 3 N–H and O–H groups in total. The average molecular weight is 300 g/mol. The van der Waals surface area contributed by atoms with E-state index in [2.05, 4.69) is 4.72 Å². The minimum Gasteiger partial charge on any atom is -0.492 e. The Morgan fingerprint density at radius 1 is 1.35 bits per heavy atom. The molecule has 1 aromatic rings. The van der Waals surface area contributed by atoms with E-state index in [1.54, 1.807) is 24.3 Å². The van der Waals surface area contributed by atoms with Crippen LogP contribution in [0, 0.1) is 0 Å². The fourth-order valence-electron chi connectivity index (χ4n) is 2.06. The standard InChI is InChI=1S/C13H20N2O4S/c14-6-9-19-12-3-1-2-11(10-12)15-20(16,17)13-4-7-18-8-5-13/h1-3,10,13,15H,4-9,14H2. The van der Waals surface area contributed by atoms with Crippen LogP contribution in [0.4, 0.5) is 5.69 Å². The lowest BCUT2D eigenvalue weighted by molar-refractivity contribution is 0.0984. The Labute approximate surface area is 119 Å². The highest BCUT2D eigenvalue weighted by Crippen LogP contribution is 2.22. The summed E-state index contributed by atoms with van der Waals surface area (Å²) in [5.41, 5.74) is 5.87. The molecule has 0 saturated carbocycles. The molecule has 6 nitrogen and oxygen atoms in total. The van der Waals surface area contributed by atoms with E-state index in [4.69, 9.17) is 15.2 Å². The van der Waals surface area contributed by atoms with Crippen LogP contribution < -0.4 is 15.2 Å². The third kappa shape index (κ3) is 4.09. The lowest BCUT2D eigenvalue weighted by Gasteiger charge is -2.22. The smallest absolute Gasteiger partial charge is 0.235 e. The molecule has 1 aliphatic rings. The third-order valence-electron chi connectivity index (χ3n) is 3.09. The van der Waals surface area contributed by atoms with Crippen LogP contribution in [-0.4, -0.2) is 40.0 Å². The fraction of sp³-hybridized carbons (Fsp3) is 0.538. The van der Waals surface area contributed by atoms with Crippen molar-refractivity contribution in [3.63, 3.8) is 0 Å². The minimum absolute atomic E-state index is 0.398. The Kier molecular flexibility index (Phi) is 5.22. The van der Waals surface area contributed by atoms with Gasteiger partial charge in [0.2, 0.25) is 10.0 Å². The molecule has 112 valence electrons. The molecule has 20 heavy (non-hydrogen) atoms. The van der Waals surface area contributed by atoms with Crippen LogP contribution in [0.5, 0.6) is 5.75 Å². The summed E-state index contributed by atoms with van der Waals surface area (Å²) in [6.07, 6.45) is 1.05. The van der Waals surface area contributed by atoms with E-state index in [-0.39, 0.29) is 0 Å². The summed E-state index contributed by atoms with van der Waals surface area (Å²) in [6.45, 7) is 1.80. The highest BCUT2D eigenvalue weighted by Gasteiger charge is 2.27. The Hall–Kier alpha value is -1.31. The number of benzene rings is 1. The van der Waals surface area contributed by atoms with E-state index in [0.717, 1.165) is 0 Å². The van der Waals surface area contributed by atoms with Crippen molar-refractivity contribution in [2.75, 3.05) is 31.1 Å². The second-order valence-electron chi connectivity index (χ2n) is 4.62. The summed E-state index contributed by atoms with van der Waals surface area (Å²) in [5, 5.41) is -0.398. The van der Waals surface area contributed by atoms with Gasteiger partial charge < -0.3 is 15.2 Å². The van der Waals surface area contributed by atoms with Crippen LogP contribution in [-0.2, 0) is 14.8 Å². The molecule has 0 radical (unpaired) electrons. The van der Waals surface area contributed by atoms with E-state index < -0.39 is 15.3 Å². The molecule has 1 saturated heterocycles. The maximum absolute atomic E-state index is 12.3. The lowest BCUT2D eigenvalue weighted by Crippen LogP contribution is -2.33. The first-order chi connectivity index (χ1) is 9.62. The average Bonchev–Trinajstić information content (AvgIpc) is 2.46. The zero-order valence-electron chi connectivity index (χ0n) is 11.2. The quantitative estimate of drug-likeness (QED) is 0.816. The molecule has 0 bridgehead atoms. The molecule has 0 aromatic heterocycles. The van der Waals surface area contributed by atoms with Crippen molar-refractivity contribution in [2.24, 2.45) is 5.73 Å². The number of nitrogens with one attached hydrogen (secondary N) is 1. The van der Waals surface area contributed by atoms with Gasteiger partial charge in [-0.15, -0.1) is 0 Å². The van der Waals surface area contributed by atoms with Gasteiger partial charge in [0.25, 0.3) is 0 Å². The van der Waals surface area contributed by atoms with Gasteiger partial charge in [-0.1, -0.05) is 6.07 Å². The van der Waals surface area contributed by atoms with Crippen molar-refractivity contribution in [3.8, 4) is 5.75 Å². The number of rotatable bonds is 6. The molecule has 0 unspecified atom stereocenters. The van der Waals surface area contributed by atoms with Crippen LogP contribution >= 0.6 is 0 Å². The molecule has 0 amide bonds. The molecule has 2 rings (SSSR count). The molecule has 0 atom stereocenters. The minimum atomic E-state index is -3.38. The molecule has 1 aliphatic heterocycles. The molecule has 0 aliphatic carbocycles. The molecule has 1 fully saturated rings. The second kappa shape index (κ2) is 6.92. The van der Waals surface area contributed by atoms with Gasteiger partial charge >= 0.3 is 0 Å². The van der Waals surface area contributed by atoms with Crippen LogP contribution in [0.3, 0.4) is 0 Å². The van der Waals surface area contributed by atoms with Crippen LogP contribution in [0.15, 0.2) is 24.3 Å². The zero-order chi connectivity index (χ0) is 14.4. The summed E-state index contributed by atoms with van der Waals surface area (Å²) in [4.78, 5) is 0. The SMILES string of the molecule is NCCOc1cccc(NS(=O)(=O)C2CCOCC2)c1. The Balaban J connectivity index is 2.04. The first kappa shape index (κ1) is 15.1. The number of ether oxygens (including phenoxy) is 2. The summed E-state index contributed by atoms with van der Waals surface area (Å²) in [7, 11) is -3.38. The summed E-state index contributed by atoms with van der Waals surface area (Å²) < 4.78 is 37.7. The first-order valence-corrected chi connectivity index (χ1v) is 8.19. The van der Waals surface area contributed by atoms with Gasteiger partial charge in [0.1, 0.15) is 12.4 Å². The van der Waals surface area contributed by atoms with Crippen LogP contribution in [0.2, 0.25) is 0 Å². The van der Waals surface area contributed by atoms with Gasteiger partial charge in [-0.3, -0.25) is 4.72 Å².